The Kier molecular flexibility index (Phi) is 2.92. The maximum atomic E-state index is 5.55. The van der Waals surface area contributed by atoms with Crippen molar-refractivity contribution in [1.82, 2.24) is 24.9 Å². The van der Waals surface area contributed by atoms with Crippen molar-refractivity contribution in [3.8, 4) is 0 Å². The van der Waals surface area contributed by atoms with Crippen molar-refractivity contribution in [2.45, 2.75) is 32.4 Å². The van der Waals surface area contributed by atoms with E-state index in [0.29, 0.717) is 18.3 Å². The Morgan fingerprint density at radius 2 is 2.33 bits per heavy atom. The van der Waals surface area contributed by atoms with Gasteiger partial charge >= 0.3 is 0 Å². The number of nitrogens with zero attached hydrogens (tertiary/aromatic N) is 5. The van der Waals surface area contributed by atoms with Gasteiger partial charge in [-0.1, -0.05) is 5.16 Å². The van der Waals surface area contributed by atoms with Crippen LogP contribution >= 0.6 is 0 Å². The third kappa shape index (κ3) is 2.29. The van der Waals surface area contributed by atoms with Crippen molar-refractivity contribution >= 4 is 11.0 Å². The number of ether oxygens (including phenoxy) is 1. The summed E-state index contributed by atoms with van der Waals surface area (Å²) in [5, 5.41) is 9.34. The summed E-state index contributed by atoms with van der Waals surface area (Å²) in [6.07, 6.45) is 5.59. The summed E-state index contributed by atoms with van der Waals surface area (Å²) in [5.74, 6) is 1.15. The zero-order valence-electron chi connectivity index (χ0n) is 11.7. The highest BCUT2D eigenvalue weighted by Crippen LogP contribution is 2.26. The second-order valence-corrected chi connectivity index (χ2v) is 5.28. The van der Waals surface area contributed by atoms with Crippen molar-refractivity contribution < 1.29 is 9.26 Å². The van der Waals surface area contributed by atoms with E-state index in [4.69, 9.17) is 9.26 Å². The van der Waals surface area contributed by atoms with Gasteiger partial charge in [0, 0.05) is 18.2 Å². The van der Waals surface area contributed by atoms with Gasteiger partial charge in [-0.05, 0) is 31.4 Å². The second-order valence-electron chi connectivity index (χ2n) is 5.28. The Morgan fingerprint density at radius 3 is 3.19 bits per heavy atom. The molecule has 0 amide bonds. The van der Waals surface area contributed by atoms with E-state index in [1.807, 2.05) is 13.1 Å². The maximum absolute atomic E-state index is 5.55. The van der Waals surface area contributed by atoms with Crippen molar-refractivity contribution in [1.29, 1.82) is 0 Å². The van der Waals surface area contributed by atoms with E-state index in [1.54, 1.807) is 10.9 Å². The predicted octanol–water partition coefficient (Wildman–Crippen LogP) is 2.02. The van der Waals surface area contributed by atoms with Crippen LogP contribution in [0.25, 0.3) is 11.0 Å². The molecule has 7 nitrogen and oxygen atoms in total. The number of fused-ring (bicyclic) bond motifs is 1. The largest absolute Gasteiger partial charge is 0.370 e. The molecule has 0 spiro atoms. The molecule has 21 heavy (non-hydrogen) atoms. The quantitative estimate of drug-likeness (QED) is 0.732. The highest BCUT2D eigenvalue weighted by atomic mass is 16.5. The first kappa shape index (κ1) is 12.5. The second kappa shape index (κ2) is 4.92. The minimum absolute atomic E-state index is 0.0300. The molecule has 1 fully saturated rings. The van der Waals surface area contributed by atoms with Gasteiger partial charge < -0.3 is 9.26 Å². The van der Waals surface area contributed by atoms with Crippen molar-refractivity contribution in [2.24, 2.45) is 0 Å². The lowest BCUT2D eigenvalue weighted by molar-refractivity contribution is 0.103. The lowest BCUT2D eigenvalue weighted by Crippen LogP contribution is -2.04. The zero-order chi connectivity index (χ0) is 14.2. The number of aromatic nitrogens is 5. The fourth-order valence-corrected chi connectivity index (χ4v) is 2.57. The molecule has 1 aliphatic rings. The average molecular weight is 285 g/mol. The Labute approximate surface area is 120 Å². The molecular weight excluding hydrogens is 270 g/mol. The zero-order valence-corrected chi connectivity index (χ0v) is 11.7. The van der Waals surface area contributed by atoms with Gasteiger partial charge in [0.1, 0.15) is 12.6 Å². The van der Waals surface area contributed by atoms with Gasteiger partial charge in [-0.3, -0.25) is 0 Å². The summed E-state index contributed by atoms with van der Waals surface area (Å²) in [7, 11) is 0. The molecule has 7 heteroatoms. The first-order valence-electron chi connectivity index (χ1n) is 7.02. The topological polar surface area (TPSA) is 78.9 Å². The minimum Gasteiger partial charge on any atom is -0.370 e. The van der Waals surface area contributed by atoms with Crippen LogP contribution in [0.4, 0.5) is 0 Å². The highest BCUT2D eigenvalue weighted by Gasteiger charge is 2.23. The monoisotopic (exact) mass is 285 g/mol. The summed E-state index contributed by atoms with van der Waals surface area (Å²) in [4.78, 5) is 8.81. The van der Waals surface area contributed by atoms with Crippen LogP contribution in [0.3, 0.4) is 0 Å². The van der Waals surface area contributed by atoms with Gasteiger partial charge in [0.05, 0.1) is 6.20 Å². The number of hydrogen-bond donors (Lipinski definition) is 0. The molecule has 1 unspecified atom stereocenters. The van der Waals surface area contributed by atoms with Crippen LogP contribution in [0, 0.1) is 6.92 Å². The van der Waals surface area contributed by atoms with Gasteiger partial charge in [-0.25, -0.2) is 9.67 Å². The van der Waals surface area contributed by atoms with E-state index in [2.05, 4.69) is 26.3 Å². The van der Waals surface area contributed by atoms with E-state index in [1.165, 1.54) is 0 Å². The molecule has 108 valence electrons. The lowest BCUT2D eigenvalue weighted by Gasteiger charge is -2.01. The van der Waals surface area contributed by atoms with E-state index in [9.17, 15) is 0 Å². The van der Waals surface area contributed by atoms with Gasteiger partial charge in [0.2, 0.25) is 11.7 Å². The Bertz CT molecular complexity index is 773. The van der Waals surface area contributed by atoms with Gasteiger partial charge in [0.25, 0.3) is 0 Å². The molecule has 4 rings (SSSR count). The fraction of sp³-hybridized carbons (Fsp3) is 0.429. The summed E-state index contributed by atoms with van der Waals surface area (Å²) in [5.41, 5.74) is 1.93. The van der Waals surface area contributed by atoms with Crippen molar-refractivity contribution in [3.63, 3.8) is 0 Å². The standard InChI is InChI=1S/C14H15N5O2/c1-9-5-10-7-16-19(14(10)15-6-9)8-12-17-13(18-21-12)11-3-2-4-20-11/h5-7,11H,2-4,8H2,1H3. The van der Waals surface area contributed by atoms with Gasteiger partial charge in [-0.2, -0.15) is 10.1 Å². The van der Waals surface area contributed by atoms with Crippen molar-refractivity contribution in [2.75, 3.05) is 6.61 Å². The molecule has 1 atom stereocenters. The molecule has 3 aromatic rings. The Hall–Kier alpha value is -2.28. The third-order valence-corrected chi connectivity index (χ3v) is 3.60. The molecule has 4 heterocycles. The molecule has 0 aromatic carbocycles. The molecule has 0 saturated carbocycles. The van der Waals surface area contributed by atoms with Crippen LogP contribution in [-0.4, -0.2) is 31.5 Å². The SMILES string of the molecule is Cc1cnc2c(cnn2Cc2nc(C3CCCO3)no2)c1. The molecule has 0 radical (unpaired) electrons. The molecule has 3 aromatic heterocycles. The van der Waals surface area contributed by atoms with Crippen molar-refractivity contribution in [3.05, 3.63) is 35.7 Å². The summed E-state index contributed by atoms with van der Waals surface area (Å²) in [6, 6.07) is 2.05. The van der Waals surface area contributed by atoms with E-state index < -0.39 is 0 Å². The van der Waals surface area contributed by atoms with Gasteiger partial charge in [0.15, 0.2) is 5.65 Å². The number of rotatable bonds is 3. The van der Waals surface area contributed by atoms with Crippen LogP contribution in [0.2, 0.25) is 0 Å². The number of hydrogen-bond acceptors (Lipinski definition) is 6. The Balaban J connectivity index is 1.59. The first-order valence-corrected chi connectivity index (χ1v) is 7.02. The van der Waals surface area contributed by atoms with Crippen LogP contribution in [-0.2, 0) is 11.3 Å². The minimum atomic E-state index is -0.0300. The van der Waals surface area contributed by atoms with E-state index in [0.717, 1.165) is 36.0 Å². The lowest BCUT2D eigenvalue weighted by atomic mass is 10.2. The molecule has 1 aliphatic heterocycles. The molecular formula is C14H15N5O2. The highest BCUT2D eigenvalue weighted by molar-refractivity contribution is 5.74. The fourth-order valence-electron chi connectivity index (χ4n) is 2.57. The summed E-state index contributed by atoms with van der Waals surface area (Å²) < 4.78 is 12.6. The molecule has 0 bridgehead atoms. The smallest absolute Gasteiger partial charge is 0.248 e. The summed E-state index contributed by atoms with van der Waals surface area (Å²) in [6.45, 7) is 3.19. The van der Waals surface area contributed by atoms with E-state index >= 15 is 0 Å². The van der Waals surface area contributed by atoms with Crippen LogP contribution in [0.5, 0.6) is 0 Å². The maximum Gasteiger partial charge on any atom is 0.248 e. The van der Waals surface area contributed by atoms with Crippen LogP contribution in [0.1, 0.15) is 36.2 Å². The summed E-state index contributed by atoms with van der Waals surface area (Å²) >= 11 is 0. The van der Waals surface area contributed by atoms with E-state index in [-0.39, 0.29) is 6.10 Å². The van der Waals surface area contributed by atoms with Crippen LogP contribution in [0.15, 0.2) is 23.0 Å². The predicted molar refractivity (Wildman–Crippen MR) is 73.6 cm³/mol. The molecule has 0 N–H and O–H groups in total. The molecule has 1 saturated heterocycles. The van der Waals surface area contributed by atoms with Crippen LogP contribution < -0.4 is 0 Å². The third-order valence-electron chi connectivity index (χ3n) is 3.60. The molecule has 0 aliphatic carbocycles. The number of pyridine rings is 1. The first-order chi connectivity index (χ1) is 10.3. The number of aryl methyl sites for hydroxylation is 1. The van der Waals surface area contributed by atoms with Gasteiger partial charge in [-0.15, -0.1) is 0 Å². The Morgan fingerprint density at radius 1 is 1.38 bits per heavy atom. The normalized spacial score (nSPS) is 18.6. The average Bonchev–Trinajstić information content (AvgIpc) is 3.19.